The Morgan fingerprint density at radius 3 is 2.61 bits per heavy atom. The standard InChI is InChI=1S/C19H27NO3/c1-12-9-7-11-17(14(12)3)20-18(21)15(4)23-19(22)16-10-6-5-8-13(16)2/h5-6,8,10,12,14-15,17H,7,9,11H2,1-4H3,(H,20,21)/t12-,14-,15-,17+/m0/s1. The summed E-state index contributed by atoms with van der Waals surface area (Å²) in [6.45, 7) is 7.89. The summed E-state index contributed by atoms with van der Waals surface area (Å²) in [5.41, 5.74) is 1.35. The number of nitrogens with one attached hydrogen (secondary N) is 1. The molecule has 1 amide bonds. The molecule has 1 N–H and O–H groups in total. The van der Waals surface area contributed by atoms with Gasteiger partial charge in [0, 0.05) is 6.04 Å². The van der Waals surface area contributed by atoms with Gasteiger partial charge in [-0.2, -0.15) is 0 Å². The number of esters is 1. The molecule has 1 aliphatic carbocycles. The van der Waals surface area contributed by atoms with E-state index in [1.807, 2.05) is 19.1 Å². The first kappa shape index (κ1) is 17.5. The van der Waals surface area contributed by atoms with E-state index in [4.69, 9.17) is 4.74 Å². The van der Waals surface area contributed by atoms with Crippen LogP contribution < -0.4 is 5.32 Å². The highest BCUT2D eigenvalue weighted by molar-refractivity contribution is 5.93. The molecule has 0 radical (unpaired) electrons. The van der Waals surface area contributed by atoms with E-state index >= 15 is 0 Å². The fourth-order valence-electron chi connectivity index (χ4n) is 3.17. The van der Waals surface area contributed by atoms with E-state index in [1.165, 1.54) is 6.42 Å². The van der Waals surface area contributed by atoms with Crippen LogP contribution >= 0.6 is 0 Å². The van der Waals surface area contributed by atoms with E-state index in [2.05, 4.69) is 19.2 Å². The molecule has 0 unspecified atom stereocenters. The van der Waals surface area contributed by atoms with Gasteiger partial charge in [-0.05, 0) is 43.7 Å². The topological polar surface area (TPSA) is 55.4 Å². The van der Waals surface area contributed by atoms with Gasteiger partial charge in [0.2, 0.25) is 0 Å². The molecule has 0 aromatic heterocycles. The third kappa shape index (κ3) is 4.34. The summed E-state index contributed by atoms with van der Waals surface area (Å²) in [4.78, 5) is 24.5. The van der Waals surface area contributed by atoms with Gasteiger partial charge in [-0.1, -0.05) is 44.9 Å². The van der Waals surface area contributed by atoms with Crippen LogP contribution in [0.5, 0.6) is 0 Å². The maximum absolute atomic E-state index is 12.3. The first-order chi connectivity index (χ1) is 10.9. The van der Waals surface area contributed by atoms with E-state index < -0.39 is 12.1 Å². The maximum Gasteiger partial charge on any atom is 0.339 e. The largest absolute Gasteiger partial charge is 0.449 e. The number of ether oxygens (including phenoxy) is 1. The molecule has 1 saturated carbocycles. The van der Waals surface area contributed by atoms with Crippen molar-refractivity contribution in [2.45, 2.75) is 59.1 Å². The monoisotopic (exact) mass is 317 g/mol. The zero-order valence-corrected chi connectivity index (χ0v) is 14.5. The lowest BCUT2D eigenvalue weighted by Gasteiger charge is -2.35. The first-order valence-electron chi connectivity index (χ1n) is 8.47. The van der Waals surface area contributed by atoms with Gasteiger partial charge in [0.15, 0.2) is 6.10 Å². The van der Waals surface area contributed by atoms with Crippen molar-refractivity contribution in [3.05, 3.63) is 35.4 Å². The van der Waals surface area contributed by atoms with Crippen LogP contribution in [0.4, 0.5) is 0 Å². The van der Waals surface area contributed by atoms with Crippen molar-refractivity contribution in [1.29, 1.82) is 0 Å². The van der Waals surface area contributed by atoms with Crippen molar-refractivity contribution in [2.24, 2.45) is 11.8 Å². The molecule has 1 aromatic carbocycles. The molecule has 4 atom stereocenters. The minimum absolute atomic E-state index is 0.172. The Morgan fingerprint density at radius 2 is 1.91 bits per heavy atom. The quantitative estimate of drug-likeness (QED) is 0.865. The van der Waals surface area contributed by atoms with E-state index in [9.17, 15) is 9.59 Å². The SMILES string of the molecule is Cc1ccccc1C(=O)O[C@@H](C)C(=O)N[C@@H]1CCC[C@H](C)[C@@H]1C. The molecule has 0 heterocycles. The van der Waals surface area contributed by atoms with Crippen LogP contribution in [0.15, 0.2) is 24.3 Å². The second-order valence-corrected chi connectivity index (χ2v) is 6.74. The molecule has 0 saturated heterocycles. The van der Waals surface area contributed by atoms with Crippen molar-refractivity contribution in [3.8, 4) is 0 Å². The van der Waals surface area contributed by atoms with E-state index in [0.29, 0.717) is 17.4 Å². The fraction of sp³-hybridized carbons (Fsp3) is 0.579. The summed E-state index contributed by atoms with van der Waals surface area (Å²) in [6, 6.07) is 7.40. The van der Waals surface area contributed by atoms with Gasteiger partial charge in [0.1, 0.15) is 0 Å². The summed E-state index contributed by atoms with van der Waals surface area (Å²) < 4.78 is 5.33. The Morgan fingerprint density at radius 1 is 1.22 bits per heavy atom. The van der Waals surface area contributed by atoms with Crippen molar-refractivity contribution in [2.75, 3.05) is 0 Å². The van der Waals surface area contributed by atoms with Gasteiger partial charge < -0.3 is 10.1 Å². The van der Waals surface area contributed by atoms with Gasteiger partial charge in [-0.3, -0.25) is 4.79 Å². The van der Waals surface area contributed by atoms with Gasteiger partial charge in [-0.15, -0.1) is 0 Å². The molecule has 1 aliphatic rings. The lowest BCUT2D eigenvalue weighted by atomic mass is 9.78. The normalized spacial score (nSPS) is 25.5. The first-order valence-corrected chi connectivity index (χ1v) is 8.47. The number of aryl methyl sites for hydroxylation is 1. The fourth-order valence-corrected chi connectivity index (χ4v) is 3.17. The highest BCUT2D eigenvalue weighted by Crippen LogP contribution is 2.29. The molecule has 126 valence electrons. The Bertz CT molecular complexity index is 569. The minimum Gasteiger partial charge on any atom is -0.449 e. The Kier molecular flexibility index (Phi) is 5.80. The smallest absolute Gasteiger partial charge is 0.339 e. The second kappa shape index (κ2) is 7.62. The third-order valence-corrected chi connectivity index (χ3v) is 5.05. The van der Waals surface area contributed by atoms with Gasteiger partial charge >= 0.3 is 5.97 Å². The molecular weight excluding hydrogens is 290 g/mol. The highest BCUT2D eigenvalue weighted by atomic mass is 16.5. The molecule has 4 heteroatoms. The number of carbonyl (C=O) groups excluding carboxylic acids is 2. The van der Waals surface area contributed by atoms with Gasteiger partial charge in [-0.25, -0.2) is 4.79 Å². The summed E-state index contributed by atoms with van der Waals surface area (Å²) >= 11 is 0. The molecule has 0 bridgehead atoms. The number of benzene rings is 1. The molecule has 1 aromatic rings. The van der Waals surface area contributed by atoms with Crippen molar-refractivity contribution < 1.29 is 14.3 Å². The average Bonchev–Trinajstić information content (AvgIpc) is 2.52. The maximum atomic E-state index is 12.3. The van der Waals surface area contributed by atoms with Crippen LogP contribution in [0.2, 0.25) is 0 Å². The summed E-state index contributed by atoms with van der Waals surface area (Å²) in [5.74, 6) is 0.402. The number of hydrogen-bond acceptors (Lipinski definition) is 3. The van der Waals surface area contributed by atoms with Gasteiger partial charge in [0.25, 0.3) is 5.91 Å². The van der Waals surface area contributed by atoms with E-state index in [0.717, 1.165) is 18.4 Å². The predicted molar refractivity (Wildman–Crippen MR) is 90.2 cm³/mol. The second-order valence-electron chi connectivity index (χ2n) is 6.74. The minimum atomic E-state index is -0.786. The summed E-state index contributed by atoms with van der Waals surface area (Å²) in [5, 5.41) is 3.05. The molecule has 0 spiro atoms. The van der Waals surface area contributed by atoms with Crippen LogP contribution in [0.25, 0.3) is 0 Å². The van der Waals surface area contributed by atoms with Crippen LogP contribution in [-0.4, -0.2) is 24.0 Å². The van der Waals surface area contributed by atoms with Crippen molar-refractivity contribution in [3.63, 3.8) is 0 Å². The highest BCUT2D eigenvalue weighted by Gasteiger charge is 2.30. The average molecular weight is 317 g/mol. The lowest BCUT2D eigenvalue weighted by molar-refractivity contribution is -0.130. The number of hydrogen-bond donors (Lipinski definition) is 1. The zero-order valence-electron chi connectivity index (χ0n) is 14.5. The molecule has 4 nitrogen and oxygen atoms in total. The predicted octanol–water partition coefficient (Wildman–Crippen LogP) is 3.48. The van der Waals surface area contributed by atoms with Crippen LogP contribution in [0.3, 0.4) is 0 Å². The number of rotatable bonds is 4. The van der Waals surface area contributed by atoms with Crippen LogP contribution in [0, 0.1) is 18.8 Å². The van der Waals surface area contributed by atoms with Crippen molar-refractivity contribution >= 4 is 11.9 Å². The van der Waals surface area contributed by atoms with Crippen LogP contribution in [-0.2, 0) is 9.53 Å². The Balaban J connectivity index is 1.92. The van der Waals surface area contributed by atoms with Crippen LogP contribution in [0.1, 0.15) is 56.0 Å². The summed E-state index contributed by atoms with van der Waals surface area (Å²) in [7, 11) is 0. The summed E-state index contributed by atoms with van der Waals surface area (Å²) in [6.07, 6.45) is 2.56. The van der Waals surface area contributed by atoms with Crippen molar-refractivity contribution in [1.82, 2.24) is 5.32 Å². The lowest BCUT2D eigenvalue weighted by Crippen LogP contribution is -2.47. The molecule has 2 rings (SSSR count). The molecule has 23 heavy (non-hydrogen) atoms. The van der Waals surface area contributed by atoms with Gasteiger partial charge in [0.05, 0.1) is 5.56 Å². The van der Waals surface area contributed by atoms with E-state index in [1.54, 1.807) is 19.1 Å². The zero-order chi connectivity index (χ0) is 17.0. The Hall–Kier alpha value is -1.84. The number of carbonyl (C=O) groups is 2. The molecule has 0 aliphatic heterocycles. The molecular formula is C19H27NO3. The molecule has 1 fully saturated rings. The third-order valence-electron chi connectivity index (χ3n) is 5.05. The number of amides is 1. The van der Waals surface area contributed by atoms with E-state index in [-0.39, 0.29) is 11.9 Å². The Labute approximate surface area is 138 Å².